The van der Waals surface area contributed by atoms with Crippen LogP contribution in [0.5, 0.6) is 0 Å². The lowest BCUT2D eigenvalue weighted by molar-refractivity contribution is 0.280. The van der Waals surface area contributed by atoms with Crippen molar-refractivity contribution < 1.29 is 5.11 Å². The summed E-state index contributed by atoms with van der Waals surface area (Å²) >= 11 is 11.8. The van der Waals surface area contributed by atoms with Crippen LogP contribution in [0, 0.1) is 0 Å². The van der Waals surface area contributed by atoms with E-state index in [1.165, 1.54) is 0 Å². The minimum Gasteiger partial charge on any atom is -0.396 e. The molecule has 0 aliphatic carbocycles. The van der Waals surface area contributed by atoms with Crippen LogP contribution in [-0.4, -0.2) is 11.7 Å². The lowest BCUT2D eigenvalue weighted by Gasteiger charge is -2.13. The van der Waals surface area contributed by atoms with Gasteiger partial charge in [0.05, 0.1) is 10.0 Å². The van der Waals surface area contributed by atoms with E-state index in [2.05, 4.69) is 0 Å². The molecule has 1 atom stereocenters. The molecule has 1 aromatic rings. The second-order valence-corrected chi connectivity index (χ2v) is 3.90. The van der Waals surface area contributed by atoms with E-state index in [-0.39, 0.29) is 12.6 Å². The third-order valence-corrected chi connectivity index (χ3v) is 2.89. The Kier molecular flexibility index (Phi) is 4.69. The fourth-order valence-corrected chi connectivity index (χ4v) is 1.72. The zero-order valence-electron chi connectivity index (χ0n) is 7.71. The van der Waals surface area contributed by atoms with Gasteiger partial charge in [0.1, 0.15) is 0 Å². The molecule has 0 saturated carbocycles. The molecule has 0 aliphatic heterocycles. The Hall–Kier alpha value is -0.280. The Morgan fingerprint density at radius 1 is 1.36 bits per heavy atom. The first-order valence-corrected chi connectivity index (χ1v) is 5.22. The predicted octanol–water partition coefficient (Wildman–Crippen LogP) is 2.77. The molecule has 3 N–H and O–H groups in total. The molecule has 0 aromatic heterocycles. The smallest absolute Gasteiger partial charge is 0.0639 e. The average molecular weight is 234 g/mol. The third kappa shape index (κ3) is 2.85. The van der Waals surface area contributed by atoms with Crippen molar-refractivity contribution in [1.82, 2.24) is 0 Å². The highest BCUT2D eigenvalue weighted by atomic mass is 35.5. The number of nitrogens with two attached hydrogens (primary N) is 1. The molecular weight excluding hydrogens is 221 g/mol. The zero-order chi connectivity index (χ0) is 10.6. The van der Waals surface area contributed by atoms with Crippen LogP contribution in [0.4, 0.5) is 0 Å². The van der Waals surface area contributed by atoms with E-state index in [0.717, 1.165) is 5.56 Å². The molecule has 0 bridgehead atoms. The van der Waals surface area contributed by atoms with E-state index in [9.17, 15) is 0 Å². The highest BCUT2D eigenvalue weighted by Crippen LogP contribution is 2.30. The second-order valence-electron chi connectivity index (χ2n) is 3.12. The highest BCUT2D eigenvalue weighted by molar-refractivity contribution is 6.42. The summed E-state index contributed by atoms with van der Waals surface area (Å²) in [5.74, 6) is 0. The van der Waals surface area contributed by atoms with Crippen LogP contribution in [-0.2, 0) is 0 Å². The molecule has 4 heteroatoms. The fourth-order valence-electron chi connectivity index (χ4n) is 1.27. The molecule has 1 rings (SSSR count). The van der Waals surface area contributed by atoms with Crippen molar-refractivity contribution in [3.8, 4) is 0 Å². The Balaban J connectivity index is 2.79. The first kappa shape index (κ1) is 11.8. The van der Waals surface area contributed by atoms with Crippen LogP contribution in [0.3, 0.4) is 0 Å². The van der Waals surface area contributed by atoms with Gasteiger partial charge in [-0.3, -0.25) is 0 Å². The number of halogens is 2. The normalized spacial score (nSPS) is 12.9. The lowest BCUT2D eigenvalue weighted by Crippen LogP contribution is -2.11. The third-order valence-electron chi connectivity index (χ3n) is 2.05. The minimum atomic E-state index is -0.159. The van der Waals surface area contributed by atoms with Crippen LogP contribution < -0.4 is 5.73 Å². The molecule has 0 heterocycles. The van der Waals surface area contributed by atoms with Gasteiger partial charge < -0.3 is 10.8 Å². The fraction of sp³-hybridized carbons (Fsp3) is 0.400. The van der Waals surface area contributed by atoms with Gasteiger partial charge in [-0.15, -0.1) is 0 Å². The summed E-state index contributed by atoms with van der Waals surface area (Å²) in [4.78, 5) is 0. The summed E-state index contributed by atoms with van der Waals surface area (Å²) in [7, 11) is 0. The van der Waals surface area contributed by atoms with Crippen molar-refractivity contribution in [1.29, 1.82) is 0 Å². The molecule has 14 heavy (non-hydrogen) atoms. The molecule has 1 aromatic carbocycles. The minimum absolute atomic E-state index is 0.145. The number of hydrogen-bond acceptors (Lipinski definition) is 2. The quantitative estimate of drug-likeness (QED) is 0.841. The molecule has 0 amide bonds. The van der Waals surface area contributed by atoms with E-state index in [1.807, 2.05) is 12.1 Å². The average Bonchev–Trinajstić information content (AvgIpc) is 2.18. The predicted molar refractivity (Wildman–Crippen MR) is 59.7 cm³/mol. The van der Waals surface area contributed by atoms with Gasteiger partial charge in [-0.1, -0.05) is 35.3 Å². The Morgan fingerprint density at radius 2 is 2.07 bits per heavy atom. The molecular formula is C10H13Cl2NO. The molecule has 0 aliphatic rings. The maximum Gasteiger partial charge on any atom is 0.0639 e. The summed E-state index contributed by atoms with van der Waals surface area (Å²) < 4.78 is 0. The number of rotatable bonds is 4. The van der Waals surface area contributed by atoms with Gasteiger partial charge in [0.25, 0.3) is 0 Å². The lowest BCUT2D eigenvalue weighted by atomic mass is 10.0. The largest absolute Gasteiger partial charge is 0.396 e. The van der Waals surface area contributed by atoms with E-state index >= 15 is 0 Å². The van der Waals surface area contributed by atoms with Gasteiger partial charge >= 0.3 is 0 Å². The molecule has 0 spiro atoms. The van der Waals surface area contributed by atoms with Gasteiger partial charge in [0.15, 0.2) is 0 Å². The molecule has 0 unspecified atom stereocenters. The maximum atomic E-state index is 8.67. The Bertz CT molecular complexity index is 304. The van der Waals surface area contributed by atoms with Gasteiger partial charge in [0, 0.05) is 12.6 Å². The summed E-state index contributed by atoms with van der Waals surface area (Å²) in [5.41, 5.74) is 6.74. The Labute approximate surface area is 93.6 Å². The number of hydrogen-bond donors (Lipinski definition) is 2. The summed E-state index contributed by atoms with van der Waals surface area (Å²) in [6, 6.07) is 5.25. The van der Waals surface area contributed by atoms with Crippen LogP contribution in [0.15, 0.2) is 18.2 Å². The first-order valence-electron chi connectivity index (χ1n) is 4.47. The van der Waals surface area contributed by atoms with Crippen molar-refractivity contribution in [2.24, 2.45) is 5.73 Å². The SMILES string of the molecule is N[C@H](CCCO)c1cccc(Cl)c1Cl. The summed E-state index contributed by atoms with van der Waals surface area (Å²) in [6.07, 6.45) is 1.38. The van der Waals surface area contributed by atoms with Crippen LogP contribution in [0.25, 0.3) is 0 Å². The number of aliphatic hydroxyl groups excluding tert-OH is 1. The van der Waals surface area contributed by atoms with E-state index in [0.29, 0.717) is 22.9 Å². The highest BCUT2D eigenvalue weighted by Gasteiger charge is 2.11. The topological polar surface area (TPSA) is 46.2 Å². The molecule has 0 radical (unpaired) electrons. The van der Waals surface area contributed by atoms with Crippen molar-refractivity contribution in [3.05, 3.63) is 33.8 Å². The number of benzene rings is 1. The van der Waals surface area contributed by atoms with Crippen LogP contribution in [0.1, 0.15) is 24.4 Å². The van der Waals surface area contributed by atoms with Crippen LogP contribution in [0.2, 0.25) is 10.0 Å². The van der Waals surface area contributed by atoms with Crippen molar-refractivity contribution in [2.45, 2.75) is 18.9 Å². The van der Waals surface area contributed by atoms with Gasteiger partial charge in [-0.25, -0.2) is 0 Å². The van der Waals surface area contributed by atoms with Gasteiger partial charge in [-0.05, 0) is 24.5 Å². The first-order chi connectivity index (χ1) is 6.66. The number of aliphatic hydroxyl groups is 1. The maximum absolute atomic E-state index is 8.67. The van der Waals surface area contributed by atoms with Gasteiger partial charge in [-0.2, -0.15) is 0 Å². The van der Waals surface area contributed by atoms with Crippen molar-refractivity contribution in [3.63, 3.8) is 0 Å². The second kappa shape index (κ2) is 5.56. The van der Waals surface area contributed by atoms with Crippen molar-refractivity contribution >= 4 is 23.2 Å². The molecule has 2 nitrogen and oxygen atoms in total. The summed E-state index contributed by atoms with van der Waals surface area (Å²) in [6.45, 7) is 0.145. The van der Waals surface area contributed by atoms with E-state index in [1.54, 1.807) is 6.07 Å². The monoisotopic (exact) mass is 233 g/mol. The molecule has 0 saturated heterocycles. The standard InChI is InChI=1S/C10H13Cl2NO/c11-8-4-1-3-7(10(8)12)9(13)5-2-6-14/h1,3-4,9,14H,2,5-6,13H2/t9-/m1/s1. The summed E-state index contributed by atoms with van der Waals surface area (Å²) in [5, 5.41) is 9.70. The zero-order valence-corrected chi connectivity index (χ0v) is 9.22. The van der Waals surface area contributed by atoms with E-state index in [4.69, 9.17) is 34.0 Å². The van der Waals surface area contributed by atoms with Gasteiger partial charge in [0.2, 0.25) is 0 Å². The Morgan fingerprint density at radius 3 is 2.71 bits per heavy atom. The van der Waals surface area contributed by atoms with Crippen LogP contribution >= 0.6 is 23.2 Å². The molecule has 78 valence electrons. The molecule has 0 fully saturated rings. The van der Waals surface area contributed by atoms with Crippen molar-refractivity contribution in [2.75, 3.05) is 6.61 Å². The van der Waals surface area contributed by atoms with E-state index < -0.39 is 0 Å².